The van der Waals surface area contributed by atoms with Crippen LogP contribution in [0.4, 0.5) is 4.39 Å². The number of oxazole rings is 1. The average Bonchev–Trinajstić information content (AvgIpc) is 2.87. The number of nitrogens with one attached hydrogen (secondary N) is 1. The van der Waals surface area contributed by atoms with Crippen molar-refractivity contribution in [1.29, 1.82) is 0 Å². The molecule has 0 bridgehead atoms. The first-order valence-corrected chi connectivity index (χ1v) is 6.87. The van der Waals surface area contributed by atoms with Crippen LogP contribution in [0.5, 0.6) is 0 Å². The fourth-order valence-electron chi connectivity index (χ4n) is 2.52. The first kappa shape index (κ1) is 13.3. The van der Waals surface area contributed by atoms with E-state index in [0.29, 0.717) is 17.5 Å². The van der Waals surface area contributed by atoms with Gasteiger partial charge >= 0.3 is 0 Å². The molecule has 0 saturated carbocycles. The molecule has 4 nitrogen and oxygen atoms in total. The van der Waals surface area contributed by atoms with Crippen LogP contribution in [0.3, 0.4) is 0 Å². The van der Waals surface area contributed by atoms with Crippen LogP contribution in [-0.4, -0.2) is 35.6 Å². The summed E-state index contributed by atoms with van der Waals surface area (Å²) in [6.45, 7) is 5.95. The van der Waals surface area contributed by atoms with Crippen molar-refractivity contribution in [3.63, 3.8) is 0 Å². The van der Waals surface area contributed by atoms with Gasteiger partial charge in [0.1, 0.15) is 12.1 Å². The predicted octanol–water partition coefficient (Wildman–Crippen LogP) is 2.27. The third kappa shape index (κ3) is 3.05. The van der Waals surface area contributed by atoms with Crippen LogP contribution >= 0.6 is 0 Å². The summed E-state index contributed by atoms with van der Waals surface area (Å²) in [4.78, 5) is 6.79. The van der Waals surface area contributed by atoms with Gasteiger partial charge in [0.25, 0.3) is 0 Å². The van der Waals surface area contributed by atoms with Crippen LogP contribution in [0, 0.1) is 5.82 Å². The van der Waals surface area contributed by atoms with Gasteiger partial charge in [-0.1, -0.05) is 6.07 Å². The largest absolute Gasteiger partial charge is 0.444 e. The van der Waals surface area contributed by atoms with Gasteiger partial charge in [-0.25, -0.2) is 9.37 Å². The molecular weight excluding hydrogens is 257 g/mol. The number of rotatable bonds is 3. The fraction of sp³-hybridized carbons (Fsp3) is 0.400. The van der Waals surface area contributed by atoms with E-state index in [9.17, 15) is 4.39 Å². The van der Waals surface area contributed by atoms with Crippen molar-refractivity contribution in [2.24, 2.45) is 0 Å². The Hall–Kier alpha value is -1.72. The van der Waals surface area contributed by atoms with Crippen LogP contribution in [0.15, 0.2) is 34.9 Å². The van der Waals surface area contributed by atoms with Gasteiger partial charge in [0.15, 0.2) is 0 Å². The summed E-state index contributed by atoms with van der Waals surface area (Å²) in [6, 6.07) is 6.80. The molecule has 1 aliphatic rings. The van der Waals surface area contributed by atoms with Gasteiger partial charge < -0.3 is 9.73 Å². The van der Waals surface area contributed by atoms with E-state index in [-0.39, 0.29) is 5.82 Å². The predicted molar refractivity (Wildman–Crippen MR) is 74.6 cm³/mol. The minimum atomic E-state index is -0.279. The van der Waals surface area contributed by atoms with Crippen molar-refractivity contribution in [1.82, 2.24) is 15.2 Å². The molecule has 2 heterocycles. The minimum Gasteiger partial charge on any atom is -0.444 e. The summed E-state index contributed by atoms with van der Waals surface area (Å²) in [5, 5.41) is 3.41. The third-order valence-corrected chi connectivity index (χ3v) is 3.46. The molecule has 3 rings (SSSR count). The summed E-state index contributed by atoms with van der Waals surface area (Å²) in [7, 11) is 0. The van der Waals surface area contributed by atoms with Crippen LogP contribution in [0.1, 0.15) is 12.6 Å². The molecule has 20 heavy (non-hydrogen) atoms. The van der Waals surface area contributed by atoms with Crippen molar-refractivity contribution >= 4 is 0 Å². The van der Waals surface area contributed by atoms with Gasteiger partial charge in [-0.3, -0.25) is 4.90 Å². The van der Waals surface area contributed by atoms with Gasteiger partial charge in [0.2, 0.25) is 5.89 Å². The SMILES string of the molecule is C[C@H]1CN(Cc2coc(-c3cccc(F)c3)n2)CCN1. The standard InChI is InChI=1S/C15H18FN3O/c1-11-8-19(6-5-17-11)9-14-10-20-15(18-14)12-3-2-4-13(16)7-12/h2-4,7,10-11,17H,5-6,8-9H2,1H3/t11-/m0/s1. The highest BCUT2D eigenvalue weighted by Crippen LogP contribution is 2.20. The van der Waals surface area contributed by atoms with E-state index in [1.807, 2.05) is 0 Å². The van der Waals surface area contributed by atoms with E-state index < -0.39 is 0 Å². The first-order chi connectivity index (χ1) is 9.70. The molecule has 1 saturated heterocycles. The number of hydrogen-bond acceptors (Lipinski definition) is 4. The summed E-state index contributed by atoms with van der Waals surface area (Å²) in [6.07, 6.45) is 1.66. The number of hydrogen-bond donors (Lipinski definition) is 1. The van der Waals surface area contributed by atoms with Gasteiger partial charge in [0.05, 0.1) is 5.69 Å². The molecule has 1 atom stereocenters. The van der Waals surface area contributed by atoms with Crippen LogP contribution in [0.2, 0.25) is 0 Å². The summed E-state index contributed by atoms with van der Waals surface area (Å²) >= 11 is 0. The lowest BCUT2D eigenvalue weighted by Crippen LogP contribution is -2.48. The topological polar surface area (TPSA) is 41.3 Å². The second-order valence-electron chi connectivity index (χ2n) is 5.24. The molecule has 1 aromatic heterocycles. The monoisotopic (exact) mass is 275 g/mol. The van der Waals surface area contributed by atoms with Gasteiger partial charge in [-0.2, -0.15) is 0 Å². The molecular formula is C15H18FN3O. The lowest BCUT2D eigenvalue weighted by molar-refractivity contribution is 0.197. The zero-order valence-corrected chi connectivity index (χ0v) is 11.5. The number of halogens is 1. The number of piperazine rings is 1. The molecule has 1 aromatic carbocycles. The summed E-state index contributed by atoms with van der Waals surface area (Å²) < 4.78 is 18.6. The van der Waals surface area contributed by atoms with Gasteiger partial charge in [-0.05, 0) is 25.1 Å². The molecule has 5 heteroatoms. The van der Waals surface area contributed by atoms with Gasteiger partial charge in [0, 0.05) is 37.8 Å². The lowest BCUT2D eigenvalue weighted by Gasteiger charge is -2.31. The van der Waals surface area contributed by atoms with E-state index in [4.69, 9.17) is 4.42 Å². The molecule has 2 aromatic rings. The second-order valence-corrected chi connectivity index (χ2v) is 5.24. The number of aromatic nitrogens is 1. The third-order valence-electron chi connectivity index (χ3n) is 3.46. The molecule has 1 N–H and O–H groups in total. The Labute approximate surface area is 117 Å². The van der Waals surface area contributed by atoms with Crippen molar-refractivity contribution in [3.05, 3.63) is 42.0 Å². The minimum absolute atomic E-state index is 0.279. The highest BCUT2D eigenvalue weighted by molar-refractivity contribution is 5.52. The molecule has 0 amide bonds. The highest BCUT2D eigenvalue weighted by atomic mass is 19.1. The van der Waals surface area contributed by atoms with Crippen molar-refractivity contribution in [3.8, 4) is 11.5 Å². The maximum absolute atomic E-state index is 13.2. The highest BCUT2D eigenvalue weighted by Gasteiger charge is 2.17. The molecule has 0 unspecified atom stereocenters. The average molecular weight is 275 g/mol. The van der Waals surface area contributed by atoms with E-state index in [0.717, 1.165) is 31.9 Å². The second kappa shape index (κ2) is 5.73. The maximum atomic E-state index is 13.2. The molecule has 106 valence electrons. The van der Waals surface area contributed by atoms with E-state index >= 15 is 0 Å². The Balaban J connectivity index is 1.70. The molecule has 0 radical (unpaired) electrons. The van der Waals surface area contributed by atoms with E-state index in [1.165, 1.54) is 12.1 Å². The Morgan fingerprint density at radius 2 is 2.40 bits per heavy atom. The fourth-order valence-corrected chi connectivity index (χ4v) is 2.52. The molecule has 0 aliphatic carbocycles. The maximum Gasteiger partial charge on any atom is 0.226 e. The van der Waals surface area contributed by atoms with Crippen molar-refractivity contribution in [2.45, 2.75) is 19.5 Å². The zero-order chi connectivity index (χ0) is 13.9. The zero-order valence-electron chi connectivity index (χ0n) is 11.5. The normalized spacial score (nSPS) is 20.2. The molecule has 0 spiro atoms. The van der Waals surface area contributed by atoms with E-state index in [1.54, 1.807) is 18.4 Å². The Bertz CT molecular complexity index is 584. The van der Waals surface area contributed by atoms with Crippen LogP contribution in [0.25, 0.3) is 11.5 Å². The summed E-state index contributed by atoms with van der Waals surface area (Å²) in [5.74, 6) is 0.195. The van der Waals surface area contributed by atoms with Crippen molar-refractivity contribution < 1.29 is 8.81 Å². The van der Waals surface area contributed by atoms with Crippen LogP contribution < -0.4 is 5.32 Å². The Morgan fingerprint density at radius 3 is 3.20 bits per heavy atom. The molecule has 1 aliphatic heterocycles. The Morgan fingerprint density at radius 1 is 1.50 bits per heavy atom. The number of benzene rings is 1. The Kier molecular flexibility index (Phi) is 3.80. The van der Waals surface area contributed by atoms with Crippen molar-refractivity contribution in [2.75, 3.05) is 19.6 Å². The molecule has 1 fully saturated rings. The van der Waals surface area contributed by atoms with E-state index in [2.05, 4.69) is 22.1 Å². The number of nitrogens with zero attached hydrogens (tertiary/aromatic N) is 2. The van der Waals surface area contributed by atoms with Gasteiger partial charge in [-0.15, -0.1) is 0 Å². The quantitative estimate of drug-likeness (QED) is 0.933. The van der Waals surface area contributed by atoms with Crippen LogP contribution in [-0.2, 0) is 6.54 Å². The first-order valence-electron chi connectivity index (χ1n) is 6.87. The smallest absolute Gasteiger partial charge is 0.226 e. The lowest BCUT2D eigenvalue weighted by atomic mass is 10.2. The summed E-state index contributed by atoms with van der Waals surface area (Å²) in [5.41, 5.74) is 1.56.